The van der Waals surface area contributed by atoms with E-state index in [2.05, 4.69) is 5.32 Å². The number of hydrogen-bond acceptors (Lipinski definition) is 4. The van der Waals surface area contributed by atoms with Gasteiger partial charge in [-0.2, -0.15) is 0 Å². The molecule has 26 heavy (non-hydrogen) atoms. The number of rotatable bonds is 6. The molecule has 0 radical (unpaired) electrons. The van der Waals surface area contributed by atoms with E-state index in [1.165, 1.54) is 12.1 Å². The van der Waals surface area contributed by atoms with Crippen LogP contribution in [0.5, 0.6) is 5.75 Å². The van der Waals surface area contributed by atoms with E-state index in [-0.39, 0.29) is 12.4 Å². The van der Waals surface area contributed by atoms with E-state index in [1.807, 2.05) is 0 Å². The number of ether oxygens (including phenoxy) is 1. The summed E-state index contributed by atoms with van der Waals surface area (Å²) >= 11 is 0. The van der Waals surface area contributed by atoms with Crippen molar-refractivity contribution in [1.29, 1.82) is 0 Å². The molecule has 2 aromatic carbocycles. The Bertz CT molecular complexity index is 905. The molecule has 1 N–H and O–H groups in total. The third kappa shape index (κ3) is 3.72. The van der Waals surface area contributed by atoms with Crippen LogP contribution in [-0.2, 0) is 21.2 Å². The first-order valence-electron chi connectivity index (χ1n) is 8.29. The van der Waals surface area contributed by atoms with Gasteiger partial charge in [0.2, 0.25) is 5.91 Å². The van der Waals surface area contributed by atoms with Crippen LogP contribution in [-0.4, -0.2) is 25.3 Å². The van der Waals surface area contributed by atoms with Crippen LogP contribution < -0.4 is 10.1 Å². The monoisotopic (exact) mass is 377 g/mol. The van der Waals surface area contributed by atoms with Crippen LogP contribution in [0, 0.1) is 5.82 Å². The number of carbonyl (C=O) groups excluding carboxylic acids is 1. The van der Waals surface area contributed by atoms with E-state index < -0.39 is 20.5 Å². The normalized spacial score (nSPS) is 15.8. The van der Waals surface area contributed by atoms with Gasteiger partial charge in [0.05, 0.1) is 0 Å². The summed E-state index contributed by atoms with van der Waals surface area (Å²) in [4.78, 5) is 12.5. The largest absolute Gasteiger partial charge is 0.489 e. The molecule has 1 amide bonds. The molecule has 0 unspecified atom stereocenters. The molecule has 3 rings (SSSR count). The van der Waals surface area contributed by atoms with Gasteiger partial charge in [-0.05, 0) is 49.1 Å². The summed E-state index contributed by atoms with van der Waals surface area (Å²) in [5.74, 6) is -0.287. The standard InChI is InChI=1S/C19H20FNO4S/c1-26(23,24)19(10-3-11-19)18(22)21-16-4-2-5-17(12-16)25-13-14-6-8-15(20)9-7-14/h2,4-9,12H,3,10-11,13H2,1H3,(H,21,22). The molecule has 0 bridgehead atoms. The maximum atomic E-state index is 12.9. The molecule has 0 heterocycles. The summed E-state index contributed by atoms with van der Waals surface area (Å²) in [7, 11) is -3.48. The van der Waals surface area contributed by atoms with Crippen molar-refractivity contribution in [2.75, 3.05) is 11.6 Å². The van der Waals surface area contributed by atoms with Gasteiger partial charge in [-0.25, -0.2) is 12.8 Å². The average molecular weight is 377 g/mol. The lowest BCUT2D eigenvalue weighted by molar-refractivity contribution is -0.120. The van der Waals surface area contributed by atoms with Gasteiger partial charge in [0.25, 0.3) is 0 Å². The summed E-state index contributed by atoms with van der Waals surface area (Å²) in [6.45, 7) is 0.255. The van der Waals surface area contributed by atoms with Crippen molar-refractivity contribution < 1.29 is 22.3 Å². The number of benzene rings is 2. The Morgan fingerprint density at radius 3 is 2.46 bits per heavy atom. The molecule has 0 spiro atoms. The summed E-state index contributed by atoms with van der Waals surface area (Å²) in [6.07, 6.45) is 2.52. The molecule has 1 saturated carbocycles. The number of anilines is 1. The lowest BCUT2D eigenvalue weighted by Gasteiger charge is -2.38. The molecule has 138 valence electrons. The Morgan fingerprint density at radius 2 is 1.88 bits per heavy atom. The zero-order chi connectivity index (χ0) is 18.8. The van der Waals surface area contributed by atoms with E-state index in [0.29, 0.717) is 24.3 Å². The van der Waals surface area contributed by atoms with Crippen molar-refractivity contribution in [2.24, 2.45) is 0 Å². The van der Waals surface area contributed by atoms with Crippen LogP contribution in [0.15, 0.2) is 48.5 Å². The van der Waals surface area contributed by atoms with Gasteiger partial charge in [-0.1, -0.05) is 18.2 Å². The molecular weight excluding hydrogens is 357 g/mol. The van der Waals surface area contributed by atoms with Crippen LogP contribution >= 0.6 is 0 Å². The lowest BCUT2D eigenvalue weighted by Crippen LogP contribution is -2.54. The predicted octanol–water partition coefficient (Wildman–Crippen LogP) is 3.31. The van der Waals surface area contributed by atoms with Gasteiger partial charge < -0.3 is 10.1 Å². The van der Waals surface area contributed by atoms with Crippen molar-refractivity contribution in [3.63, 3.8) is 0 Å². The molecule has 0 saturated heterocycles. The van der Waals surface area contributed by atoms with Gasteiger partial charge in [-0.3, -0.25) is 4.79 Å². The molecule has 7 heteroatoms. The predicted molar refractivity (Wildman–Crippen MR) is 97.2 cm³/mol. The van der Waals surface area contributed by atoms with Gasteiger partial charge in [-0.15, -0.1) is 0 Å². The Kier molecular flexibility index (Phi) is 5.00. The minimum absolute atomic E-state index is 0.255. The molecule has 0 aliphatic heterocycles. The quantitative estimate of drug-likeness (QED) is 0.838. The maximum absolute atomic E-state index is 12.9. The average Bonchev–Trinajstić information content (AvgIpc) is 2.52. The van der Waals surface area contributed by atoms with Gasteiger partial charge in [0, 0.05) is 18.0 Å². The smallest absolute Gasteiger partial charge is 0.245 e. The second-order valence-corrected chi connectivity index (χ2v) is 8.84. The van der Waals surface area contributed by atoms with Crippen LogP contribution in [0.1, 0.15) is 24.8 Å². The Balaban J connectivity index is 1.67. The third-order valence-corrected chi connectivity index (χ3v) is 6.71. The van der Waals surface area contributed by atoms with E-state index in [4.69, 9.17) is 4.74 Å². The highest BCUT2D eigenvalue weighted by Gasteiger charge is 2.52. The minimum atomic E-state index is -3.48. The van der Waals surface area contributed by atoms with E-state index in [9.17, 15) is 17.6 Å². The summed E-state index contributed by atoms with van der Waals surface area (Å²) in [5, 5.41) is 2.69. The number of halogens is 1. The molecular formula is C19H20FNO4S. The number of nitrogens with one attached hydrogen (secondary N) is 1. The summed E-state index contributed by atoms with van der Waals surface area (Å²) in [5.41, 5.74) is 1.29. The highest BCUT2D eigenvalue weighted by atomic mass is 32.2. The fraction of sp³-hybridized carbons (Fsp3) is 0.316. The summed E-state index contributed by atoms with van der Waals surface area (Å²) in [6, 6.07) is 12.7. The molecule has 1 aliphatic rings. The lowest BCUT2D eigenvalue weighted by atomic mass is 9.83. The number of carbonyl (C=O) groups is 1. The van der Waals surface area contributed by atoms with Crippen molar-refractivity contribution in [3.05, 3.63) is 59.9 Å². The highest BCUT2D eigenvalue weighted by molar-refractivity contribution is 7.93. The van der Waals surface area contributed by atoms with Crippen molar-refractivity contribution in [2.45, 2.75) is 30.6 Å². The van der Waals surface area contributed by atoms with Crippen molar-refractivity contribution in [1.82, 2.24) is 0 Å². The number of amides is 1. The first kappa shape index (κ1) is 18.4. The second kappa shape index (κ2) is 7.07. The molecule has 1 aliphatic carbocycles. The fourth-order valence-electron chi connectivity index (χ4n) is 2.92. The van der Waals surface area contributed by atoms with Crippen molar-refractivity contribution in [3.8, 4) is 5.75 Å². The van der Waals surface area contributed by atoms with Crippen LogP contribution in [0.2, 0.25) is 0 Å². The molecule has 1 fully saturated rings. The highest BCUT2D eigenvalue weighted by Crippen LogP contribution is 2.40. The van der Waals surface area contributed by atoms with Gasteiger partial charge in [0.1, 0.15) is 18.2 Å². The van der Waals surface area contributed by atoms with Crippen LogP contribution in [0.25, 0.3) is 0 Å². The zero-order valence-electron chi connectivity index (χ0n) is 14.4. The first-order valence-corrected chi connectivity index (χ1v) is 10.2. The topological polar surface area (TPSA) is 72.5 Å². The summed E-state index contributed by atoms with van der Waals surface area (Å²) < 4.78 is 41.3. The van der Waals surface area contributed by atoms with Crippen LogP contribution in [0.4, 0.5) is 10.1 Å². The second-order valence-electron chi connectivity index (χ2n) is 6.52. The van der Waals surface area contributed by atoms with Gasteiger partial charge >= 0.3 is 0 Å². The van der Waals surface area contributed by atoms with Gasteiger partial charge in [0.15, 0.2) is 14.6 Å². The van der Waals surface area contributed by atoms with E-state index >= 15 is 0 Å². The Hall–Kier alpha value is -2.41. The fourth-order valence-corrected chi connectivity index (χ4v) is 4.34. The Labute approximate surface area is 152 Å². The molecule has 0 atom stereocenters. The molecule has 5 nitrogen and oxygen atoms in total. The van der Waals surface area contributed by atoms with Crippen LogP contribution in [0.3, 0.4) is 0 Å². The van der Waals surface area contributed by atoms with E-state index in [1.54, 1.807) is 36.4 Å². The van der Waals surface area contributed by atoms with Crippen molar-refractivity contribution >= 4 is 21.4 Å². The zero-order valence-corrected chi connectivity index (χ0v) is 15.2. The Morgan fingerprint density at radius 1 is 1.19 bits per heavy atom. The number of hydrogen-bond donors (Lipinski definition) is 1. The SMILES string of the molecule is CS(=O)(=O)C1(C(=O)Nc2cccc(OCc3ccc(F)cc3)c2)CCC1. The molecule has 0 aromatic heterocycles. The minimum Gasteiger partial charge on any atom is -0.489 e. The first-order chi connectivity index (χ1) is 12.3. The number of sulfone groups is 1. The molecule has 2 aromatic rings. The third-order valence-electron chi connectivity index (χ3n) is 4.70. The maximum Gasteiger partial charge on any atom is 0.245 e. The van der Waals surface area contributed by atoms with E-state index in [0.717, 1.165) is 18.2 Å².